The molecule has 0 aliphatic rings. The normalized spacial score (nSPS) is 14.9. The number of rotatable bonds is 5. The van der Waals surface area contributed by atoms with Crippen LogP contribution < -0.4 is 5.32 Å². The van der Waals surface area contributed by atoms with Crippen LogP contribution in [0.15, 0.2) is 24.3 Å². The molecule has 1 unspecified atom stereocenters. The second-order valence-electron chi connectivity index (χ2n) is 3.97. The summed E-state index contributed by atoms with van der Waals surface area (Å²) in [6.45, 7) is 4.86. The number of phenolic OH excluding ortho intramolecular Hbond substituents is 1. The Labute approximate surface area is 90.8 Å². The van der Waals surface area contributed by atoms with Crippen molar-refractivity contribution < 1.29 is 10.2 Å². The monoisotopic (exact) mass is 209 g/mol. The van der Waals surface area contributed by atoms with E-state index in [0.717, 1.165) is 18.5 Å². The summed E-state index contributed by atoms with van der Waals surface area (Å²) < 4.78 is 0. The SMILES string of the molecule is CCCNC(C)(CO)c1cccc(O)c1. The van der Waals surface area contributed by atoms with Gasteiger partial charge in [-0.2, -0.15) is 0 Å². The number of benzene rings is 1. The first-order valence-corrected chi connectivity index (χ1v) is 5.28. The molecule has 0 aromatic heterocycles. The average Bonchev–Trinajstić information content (AvgIpc) is 2.26. The summed E-state index contributed by atoms with van der Waals surface area (Å²) in [5.41, 5.74) is 0.424. The molecule has 0 fully saturated rings. The molecule has 15 heavy (non-hydrogen) atoms. The smallest absolute Gasteiger partial charge is 0.115 e. The lowest BCUT2D eigenvalue weighted by atomic mass is 9.92. The van der Waals surface area contributed by atoms with Gasteiger partial charge in [0, 0.05) is 0 Å². The van der Waals surface area contributed by atoms with E-state index in [9.17, 15) is 10.2 Å². The van der Waals surface area contributed by atoms with Gasteiger partial charge in [-0.05, 0) is 37.6 Å². The summed E-state index contributed by atoms with van der Waals surface area (Å²) in [5.74, 6) is 0.227. The average molecular weight is 209 g/mol. The molecule has 0 saturated heterocycles. The summed E-state index contributed by atoms with van der Waals surface area (Å²) in [4.78, 5) is 0. The second-order valence-corrected chi connectivity index (χ2v) is 3.97. The minimum Gasteiger partial charge on any atom is -0.508 e. The molecule has 1 aromatic rings. The lowest BCUT2D eigenvalue weighted by Gasteiger charge is -2.29. The van der Waals surface area contributed by atoms with Gasteiger partial charge in [0.1, 0.15) is 5.75 Å². The van der Waals surface area contributed by atoms with Crippen molar-refractivity contribution in [3.8, 4) is 5.75 Å². The molecule has 1 atom stereocenters. The first-order valence-electron chi connectivity index (χ1n) is 5.28. The molecule has 3 nitrogen and oxygen atoms in total. The summed E-state index contributed by atoms with van der Waals surface area (Å²) >= 11 is 0. The highest BCUT2D eigenvalue weighted by Crippen LogP contribution is 2.23. The molecule has 0 bridgehead atoms. The zero-order valence-corrected chi connectivity index (χ0v) is 9.33. The van der Waals surface area contributed by atoms with Crippen LogP contribution in [-0.4, -0.2) is 23.4 Å². The Morgan fingerprint density at radius 2 is 2.13 bits per heavy atom. The molecule has 1 aromatic carbocycles. The maximum absolute atomic E-state index is 9.41. The van der Waals surface area contributed by atoms with Crippen LogP contribution in [0.4, 0.5) is 0 Å². The van der Waals surface area contributed by atoms with Gasteiger partial charge in [0.05, 0.1) is 12.1 Å². The summed E-state index contributed by atoms with van der Waals surface area (Å²) in [5, 5.41) is 22.1. The molecule has 0 heterocycles. The van der Waals surface area contributed by atoms with E-state index in [1.165, 1.54) is 0 Å². The molecule has 1 rings (SSSR count). The molecule has 3 heteroatoms. The van der Waals surface area contributed by atoms with Gasteiger partial charge >= 0.3 is 0 Å². The first kappa shape index (κ1) is 12.0. The number of hydrogen-bond donors (Lipinski definition) is 3. The van der Waals surface area contributed by atoms with Crippen molar-refractivity contribution in [2.45, 2.75) is 25.8 Å². The van der Waals surface area contributed by atoms with E-state index in [1.54, 1.807) is 18.2 Å². The maximum atomic E-state index is 9.41. The number of hydrogen-bond acceptors (Lipinski definition) is 3. The van der Waals surface area contributed by atoms with Gasteiger partial charge in [-0.15, -0.1) is 0 Å². The molecule has 0 saturated carbocycles. The fourth-order valence-corrected chi connectivity index (χ4v) is 1.50. The van der Waals surface area contributed by atoms with E-state index in [2.05, 4.69) is 12.2 Å². The lowest BCUT2D eigenvalue weighted by molar-refractivity contribution is 0.175. The summed E-state index contributed by atoms with van der Waals surface area (Å²) in [6.07, 6.45) is 1.01. The van der Waals surface area contributed by atoms with Crippen LogP contribution in [-0.2, 0) is 5.54 Å². The number of nitrogens with one attached hydrogen (secondary N) is 1. The Hall–Kier alpha value is -1.06. The third-order valence-corrected chi connectivity index (χ3v) is 2.56. The van der Waals surface area contributed by atoms with Crippen LogP contribution in [0.25, 0.3) is 0 Å². The van der Waals surface area contributed by atoms with Crippen molar-refractivity contribution in [1.82, 2.24) is 5.32 Å². The van der Waals surface area contributed by atoms with Gasteiger partial charge in [-0.3, -0.25) is 0 Å². The molecule has 0 amide bonds. The van der Waals surface area contributed by atoms with E-state index < -0.39 is 5.54 Å². The van der Waals surface area contributed by atoms with Crippen molar-refractivity contribution in [2.75, 3.05) is 13.2 Å². The Kier molecular flexibility index (Phi) is 4.12. The molecular formula is C12H19NO2. The first-order chi connectivity index (χ1) is 7.12. The van der Waals surface area contributed by atoms with Gasteiger partial charge in [0.25, 0.3) is 0 Å². The zero-order chi connectivity index (χ0) is 11.3. The van der Waals surface area contributed by atoms with Crippen molar-refractivity contribution in [3.63, 3.8) is 0 Å². The number of aromatic hydroxyl groups is 1. The highest BCUT2D eigenvalue weighted by molar-refractivity contribution is 5.32. The highest BCUT2D eigenvalue weighted by atomic mass is 16.3. The quantitative estimate of drug-likeness (QED) is 0.690. The molecule has 0 spiro atoms. The lowest BCUT2D eigenvalue weighted by Crippen LogP contribution is -2.43. The van der Waals surface area contributed by atoms with Crippen molar-refractivity contribution in [1.29, 1.82) is 0 Å². The summed E-state index contributed by atoms with van der Waals surface area (Å²) in [7, 11) is 0. The highest BCUT2D eigenvalue weighted by Gasteiger charge is 2.24. The minimum absolute atomic E-state index is 0.0104. The number of aliphatic hydroxyl groups excluding tert-OH is 1. The van der Waals surface area contributed by atoms with Gasteiger partial charge in [-0.1, -0.05) is 19.1 Å². The Morgan fingerprint density at radius 3 is 2.67 bits per heavy atom. The predicted octanol–water partition coefficient (Wildman–Crippen LogP) is 1.60. The van der Waals surface area contributed by atoms with E-state index in [0.29, 0.717) is 0 Å². The number of phenols is 1. The van der Waals surface area contributed by atoms with Gasteiger partial charge in [0.2, 0.25) is 0 Å². The molecule has 0 aliphatic heterocycles. The van der Waals surface area contributed by atoms with Crippen LogP contribution >= 0.6 is 0 Å². The Bertz CT molecular complexity index is 314. The molecule has 3 N–H and O–H groups in total. The zero-order valence-electron chi connectivity index (χ0n) is 9.33. The second kappa shape index (κ2) is 5.14. The van der Waals surface area contributed by atoms with Gasteiger partial charge < -0.3 is 15.5 Å². The van der Waals surface area contributed by atoms with Crippen LogP contribution in [0.5, 0.6) is 5.75 Å². The van der Waals surface area contributed by atoms with Crippen LogP contribution in [0, 0.1) is 0 Å². The van der Waals surface area contributed by atoms with Crippen LogP contribution in [0.1, 0.15) is 25.8 Å². The minimum atomic E-state index is -0.477. The Balaban J connectivity index is 2.89. The molecule has 0 radical (unpaired) electrons. The van der Waals surface area contributed by atoms with Crippen LogP contribution in [0.3, 0.4) is 0 Å². The van der Waals surface area contributed by atoms with Gasteiger partial charge in [0.15, 0.2) is 0 Å². The standard InChI is InChI=1S/C12H19NO2/c1-3-7-13-12(2,9-14)10-5-4-6-11(15)8-10/h4-6,8,13-15H,3,7,9H2,1-2H3. The van der Waals surface area contributed by atoms with Crippen LogP contribution in [0.2, 0.25) is 0 Å². The molecular weight excluding hydrogens is 190 g/mol. The fraction of sp³-hybridized carbons (Fsp3) is 0.500. The van der Waals surface area contributed by atoms with E-state index in [-0.39, 0.29) is 12.4 Å². The third kappa shape index (κ3) is 2.94. The van der Waals surface area contributed by atoms with Crippen molar-refractivity contribution >= 4 is 0 Å². The molecule has 84 valence electrons. The van der Waals surface area contributed by atoms with Crippen molar-refractivity contribution in [3.05, 3.63) is 29.8 Å². The molecule has 0 aliphatic carbocycles. The number of aliphatic hydroxyl groups is 1. The maximum Gasteiger partial charge on any atom is 0.115 e. The fourth-order valence-electron chi connectivity index (χ4n) is 1.50. The van der Waals surface area contributed by atoms with E-state index in [4.69, 9.17) is 0 Å². The van der Waals surface area contributed by atoms with E-state index >= 15 is 0 Å². The van der Waals surface area contributed by atoms with Gasteiger partial charge in [-0.25, -0.2) is 0 Å². The van der Waals surface area contributed by atoms with E-state index in [1.807, 2.05) is 13.0 Å². The van der Waals surface area contributed by atoms with Crippen molar-refractivity contribution in [2.24, 2.45) is 0 Å². The Morgan fingerprint density at radius 1 is 1.40 bits per heavy atom. The summed E-state index contributed by atoms with van der Waals surface area (Å²) in [6, 6.07) is 6.99. The predicted molar refractivity (Wildman–Crippen MR) is 60.8 cm³/mol. The largest absolute Gasteiger partial charge is 0.508 e. The topological polar surface area (TPSA) is 52.5 Å². The third-order valence-electron chi connectivity index (χ3n) is 2.56.